The highest BCUT2D eigenvalue weighted by Crippen LogP contribution is 2.27. The number of aryl methyl sites for hydroxylation is 1. The van der Waals surface area contributed by atoms with Crippen LogP contribution < -0.4 is 0 Å². The molecule has 0 unspecified atom stereocenters. The number of carbonyl (C=O) groups excluding carboxylic acids is 1. The van der Waals surface area contributed by atoms with Gasteiger partial charge in [-0.15, -0.1) is 11.3 Å². The molecule has 0 atom stereocenters. The van der Waals surface area contributed by atoms with Gasteiger partial charge in [0, 0.05) is 10.9 Å². The lowest BCUT2D eigenvalue weighted by Crippen LogP contribution is -1.90. The number of nitrogens with zero attached hydrogens (tertiary/aromatic N) is 1. The third-order valence-corrected chi connectivity index (χ3v) is 3.62. The molecule has 1 aromatic carbocycles. The zero-order valence-corrected chi connectivity index (χ0v) is 11.4. The van der Waals surface area contributed by atoms with Crippen molar-refractivity contribution in [2.45, 2.75) is 6.92 Å². The lowest BCUT2D eigenvalue weighted by atomic mass is 10.1. The summed E-state index contributed by atoms with van der Waals surface area (Å²) in [7, 11) is 0. The van der Waals surface area contributed by atoms with Crippen molar-refractivity contribution in [3.8, 4) is 5.75 Å². The van der Waals surface area contributed by atoms with Gasteiger partial charge in [0.25, 0.3) is 0 Å². The van der Waals surface area contributed by atoms with Crippen molar-refractivity contribution in [3.63, 3.8) is 0 Å². The zero-order chi connectivity index (χ0) is 14.7. The van der Waals surface area contributed by atoms with Gasteiger partial charge in [0.2, 0.25) is 0 Å². The molecule has 2 aromatic rings. The molecular formula is C14H11NO4S. The number of hydrogen-bond acceptors (Lipinski definition) is 5. The van der Waals surface area contributed by atoms with Gasteiger partial charge in [0.15, 0.2) is 11.5 Å². The zero-order valence-electron chi connectivity index (χ0n) is 10.6. The Hall–Kier alpha value is -2.47. The number of allylic oxidation sites excluding steroid dienone is 1. The first-order chi connectivity index (χ1) is 9.47. The van der Waals surface area contributed by atoms with Gasteiger partial charge in [0.1, 0.15) is 0 Å². The molecule has 0 aliphatic carbocycles. The van der Waals surface area contributed by atoms with E-state index >= 15 is 0 Å². The first kappa shape index (κ1) is 14.0. The molecule has 0 spiro atoms. The first-order valence-corrected chi connectivity index (χ1v) is 6.55. The largest absolute Gasteiger partial charge is 0.502 e. The molecule has 2 rings (SSSR count). The Kier molecular flexibility index (Phi) is 3.95. The maximum atomic E-state index is 11.9. The highest BCUT2D eigenvalue weighted by atomic mass is 32.1. The molecule has 0 amide bonds. The monoisotopic (exact) mass is 289 g/mol. The average molecular weight is 289 g/mol. The predicted octanol–water partition coefficient (Wildman–Crippen LogP) is 3.57. The molecule has 0 aliphatic heterocycles. The summed E-state index contributed by atoms with van der Waals surface area (Å²) in [5.41, 5.74) is 0.0997. The lowest BCUT2D eigenvalue weighted by molar-refractivity contribution is -0.385. The van der Waals surface area contributed by atoms with Gasteiger partial charge in [-0.2, -0.15) is 0 Å². The smallest absolute Gasteiger partial charge is 0.311 e. The number of nitro benzene ring substituents is 1. The van der Waals surface area contributed by atoms with Gasteiger partial charge in [-0.1, -0.05) is 12.1 Å². The summed E-state index contributed by atoms with van der Waals surface area (Å²) < 4.78 is 0. The van der Waals surface area contributed by atoms with Gasteiger partial charge in [-0.25, -0.2) is 0 Å². The Morgan fingerprint density at radius 3 is 2.70 bits per heavy atom. The van der Waals surface area contributed by atoms with Crippen LogP contribution in [0.2, 0.25) is 0 Å². The summed E-state index contributed by atoms with van der Waals surface area (Å²) >= 11 is 1.39. The van der Waals surface area contributed by atoms with Gasteiger partial charge in [-0.3, -0.25) is 14.9 Å². The summed E-state index contributed by atoms with van der Waals surface area (Å²) in [6.45, 7) is 1.91. The number of benzene rings is 1. The van der Waals surface area contributed by atoms with E-state index in [2.05, 4.69) is 0 Å². The third-order valence-electron chi connectivity index (χ3n) is 2.61. The molecule has 1 aromatic heterocycles. The highest BCUT2D eigenvalue weighted by molar-refractivity contribution is 7.14. The van der Waals surface area contributed by atoms with E-state index in [4.69, 9.17) is 0 Å². The van der Waals surface area contributed by atoms with E-state index in [0.29, 0.717) is 10.4 Å². The van der Waals surface area contributed by atoms with Crippen LogP contribution in [-0.4, -0.2) is 15.8 Å². The molecule has 6 heteroatoms. The van der Waals surface area contributed by atoms with Crippen molar-refractivity contribution in [2.24, 2.45) is 0 Å². The number of phenols is 1. The SMILES string of the molecule is Cc1ccc(C(=O)/C=C/c2ccc(O)c([N+](=O)[O-])c2)s1. The second-order valence-electron chi connectivity index (χ2n) is 4.11. The van der Waals surface area contributed by atoms with Crippen molar-refractivity contribution in [1.29, 1.82) is 0 Å². The molecule has 0 aliphatic rings. The molecule has 0 fully saturated rings. The number of phenolic OH excluding ortho intramolecular Hbond substituents is 1. The van der Waals surface area contributed by atoms with Crippen molar-refractivity contribution in [3.05, 3.63) is 61.8 Å². The number of carbonyl (C=O) groups is 1. The van der Waals surface area contributed by atoms with E-state index in [-0.39, 0.29) is 11.5 Å². The van der Waals surface area contributed by atoms with Gasteiger partial charge >= 0.3 is 5.69 Å². The number of thiophene rings is 1. The Labute approximate surface area is 119 Å². The van der Waals surface area contributed by atoms with Gasteiger partial charge in [-0.05, 0) is 36.8 Å². The Morgan fingerprint density at radius 1 is 1.35 bits per heavy atom. The molecule has 1 N–H and O–H groups in total. The highest BCUT2D eigenvalue weighted by Gasteiger charge is 2.12. The summed E-state index contributed by atoms with van der Waals surface area (Å²) in [5.74, 6) is -0.550. The predicted molar refractivity (Wildman–Crippen MR) is 77.2 cm³/mol. The van der Waals surface area contributed by atoms with Crippen LogP contribution >= 0.6 is 11.3 Å². The fourth-order valence-corrected chi connectivity index (χ4v) is 2.40. The van der Waals surface area contributed by atoms with Crippen LogP contribution in [0.25, 0.3) is 6.08 Å². The second-order valence-corrected chi connectivity index (χ2v) is 5.40. The fourth-order valence-electron chi connectivity index (χ4n) is 1.61. The standard InChI is InChI=1S/C14H11NO4S/c1-9-2-7-14(20-9)13(17)6-4-10-3-5-12(16)11(8-10)15(18)19/h2-8,16H,1H3/b6-4+. The lowest BCUT2D eigenvalue weighted by Gasteiger charge is -1.97. The Bertz CT molecular complexity index is 703. The van der Waals surface area contributed by atoms with Crippen molar-refractivity contribution >= 4 is 28.9 Å². The van der Waals surface area contributed by atoms with Crippen LogP contribution in [0, 0.1) is 17.0 Å². The maximum absolute atomic E-state index is 11.9. The van der Waals surface area contributed by atoms with E-state index < -0.39 is 10.7 Å². The topological polar surface area (TPSA) is 80.4 Å². The van der Waals surface area contributed by atoms with Crippen LogP contribution in [0.3, 0.4) is 0 Å². The number of ketones is 1. The van der Waals surface area contributed by atoms with Gasteiger partial charge < -0.3 is 5.11 Å². The fraction of sp³-hybridized carbons (Fsp3) is 0.0714. The van der Waals surface area contributed by atoms with E-state index in [0.717, 1.165) is 4.88 Å². The van der Waals surface area contributed by atoms with Crippen molar-refractivity contribution in [1.82, 2.24) is 0 Å². The summed E-state index contributed by atoms with van der Waals surface area (Å²) in [6, 6.07) is 7.56. The Morgan fingerprint density at radius 2 is 2.10 bits per heavy atom. The molecule has 5 nitrogen and oxygen atoms in total. The Balaban J connectivity index is 2.21. The molecule has 1 heterocycles. The number of aromatic hydroxyl groups is 1. The van der Waals surface area contributed by atoms with E-state index in [1.54, 1.807) is 6.07 Å². The molecule has 0 saturated heterocycles. The molecule has 102 valence electrons. The normalized spacial score (nSPS) is 10.8. The first-order valence-electron chi connectivity index (χ1n) is 5.73. The second kappa shape index (κ2) is 5.66. The summed E-state index contributed by atoms with van der Waals surface area (Å²) in [5, 5.41) is 20.0. The third kappa shape index (κ3) is 3.10. The summed E-state index contributed by atoms with van der Waals surface area (Å²) in [4.78, 5) is 23.5. The van der Waals surface area contributed by atoms with Crippen LogP contribution in [0.5, 0.6) is 5.75 Å². The molecule has 0 bridgehead atoms. The molecular weight excluding hydrogens is 278 g/mol. The molecule has 0 radical (unpaired) electrons. The van der Waals surface area contributed by atoms with E-state index in [9.17, 15) is 20.0 Å². The number of nitro groups is 1. The number of rotatable bonds is 4. The van der Waals surface area contributed by atoms with Gasteiger partial charge in [0.05, 0.1) is 9.80 Å². The van der Waals surface area contributed by atoms with E-state index in [1.165, 1.54) is 41.7 Å². The minimum Gasteiger partial charge on any atom is -0.502 e. The van der Waals surface area contributed by atoms with Crippen LogP contribution in [-0.2, 0) is 0 Å². The van der Waals surface area contributed by atoms with Crippen LogP contribution in [0.4, 0.5) is 5.69 Å². The molecule has 20 heavy (non-hydrogen) atoms. The van der Waals surface area contributed by atoms with Crippen LogP contribution in [0.1, 0.15) is 20.1 Å². The minimum atomic E-state index is -0.670. The number of hydrogen-bond donors (Lipinski definition) is 1. The van der Waals surface area contributed by atoms with Crippen molar-refractivity contribution < 1.29 is 14.8 Å². The van der Waals surface area contributed by atoms with Crippen molar-refractivity contribution in [2.75, 3.05) is 0 Å². The van der Waals surface area contributed by atoms with Crippen LogP contribution in [0.15, 0.2) is 36.4 Å². The summed E-state index contributed by atoms with van der Waals surface area (Å²) in [6.07, 6.45) is 2.85. The average Bonchev–Trinajstić information content (AvgIpc) is 2.84. The van der Waals surface area contributed by atoms with E-state index in [1.807, 2.05) is 13.0 Å². The maximum Gasteiger partial charge on any atom is 0.311 e. The molecule has 0 saturated carbocycles. The quantitative estimate of drug-likeness (QED) is 0.404. The minimum absolute atomic E-state index is 0.154.